The molecule has 1 N–H and O–H groups in total. The Hall–Kier alpha value is -0.860. The molecule has 20 heavy (non-hydrogen) atoms. The minimum Gasteiger partial charge on any atom is -0.377 e. The highest BCUT2D eigenvalue weighted by Gasteiger charge is 2.12. The highest BCUT2D eigenvalue weighted by Crippen LogP contribution is 2.15. The van der Waals surface area contributed by atoms with Crippen molar-refractivity contribution in [3.05, 3.63) is 35.9 Å². The van der Waals surface area contributed by atoms with Gasteiger partial charge < -0.3 is 10.1 Å². The fourth-order valence-corrected chi connectivity index (χ4v) is 2.41. The Morgan fingerprint density at radius 1 is 1.05 bits per heavy atom. The Kier molecular flexibility index (Phi) is 9.35. The predicted molar refractivity (Wildman–Crippen MR) is 87.0 cm³/mol. The van der Waals surface area contributed by atoms with E-state index in [0.29, 0.717) is 12.1 Å². The van der Waals surface area contributed by atoms with E-state index in [1.54, 1.807) is 0 Å². The van der Waals surface area contributed by atoms with Crippen molar-refractivity contribution in [1.29, 1.82) is 0 Å². The van der Waals surface area contributed by atoms with Crippen molar-refractivity contribution in [3.63, 3.8) is 0 Å². The lowest BCUT2D eigenvalue weighted by atomic mass is 10.1. The molecule has 0 aromatic heterocycles. The van der Waals surface area contributed by atoms with Gasteiger partial charge in [-0.05, 0) is 25.5 Å². The number of rotatable bonds is 11. The summed E-state index contributed by atoms with van der Waals surface area (Å²) in [5, 5.41) is 3.51. The maximum atomic E-state index is 6.03. The molecule has 2 unspecified atom stereocenters. The van der Waals surface area contributed by atoms with Crippen LogP contribution in [0.2, 0.25) is 0 Å². The topological polar surface area (TPSA) is 21.3 Å². The van der Waals surface area contributed by atoms with Crippen LogP contribution in [-0.4, -0.2) is 19.3 Å². The molecular formula is C18H31NO. The fraction of sp³-hybridized carbons (Fsp3) is 0.667. The quantitative estimate of drug-likeness (QED) is 0.591. The summed E-state index contributed by atoms with van der Waals surface area (Å²) in [4.78, 5) is 0. The average Bonchev–Trinajstić information content (AvgIpc) is 2.49. The van der Waals surface area contributed by atoms with E-state index in [2.05, 4.69) is 56.4 Å². The first-order valence-corrected chi connectivity index (χ1v) is 8.17. The summed E-state index contributed by atoms with van der Waals surface area (Å²) in [6.45, 7) is 8.31. The molecule has 1 aromatic rings. The third-order valence-electron chi connectivity index (χ3n) is 3.66. The molecule has 1 rings (SSSR count). The fourth-order valence-electron chi connectivity index (χ4n) is 2.41. The van der Waals surface area contributed by atoms with Crippen LogP contribution in [0.15, 0.2) is 30.3 Å². The van der Waals surface area contributed by atoms with Crippen molar-refractivity contribution in [3.8, 4) is 0 Å². The predicted octanol–water partition coefficient (Wildman–Crippen LogP) is 4.71. The van der Waals surface area contributed by atoms with Crippen molar-refractivity contribution >= 4 is 0 Å². The van der Waals surface area contributed by atoms with Crippen molar-refractivity contribution in [2.45, 2.75) is 65.0 Å². The van der Waals surface area contributed by atoms with Crippen molar-refractivity contribution in [2.75, 3.05) is 13.2 Å². The summed E-state index contributed by atoms with van der Waals surface area (Å²) in [5.41, 5.74) is 1.31. The Labute approximate surface area is 124 Å². The molecular weight excluding hydrogens is 246 g/mol. The second kappa shape index (κ2) is 10.9. The normalized spacial score (nSPS) is 14.2. The second-order valence-corrected chi connectivity index (χ2v) is 5.51. The maximum Gasteiger partial charge on any atom is 0.0665 e. The molecule has 2 nitrogen and oxygen atoms in total. The zero-order valence-corrected chi connectivity index (χ0v) is 13.4. The van der Waals surface area contributed by atoms with Gasteiger partial charge in [0.15, 0.2) is 0 Å². The molecule has 2 heteroatoms. The third kappa shape index (κ3) is 7.06. The van der Waals surface area contributed by atoms with Crippen LogP contribution in [0.4, 0.5) is 0 Å². The van der Waals surface area contributed by atoms with Gasteiger partial charge in [0.05, 0.1) is 18.8 Å². The van der Waals surface area contributed by atoms with E-state index < -0.39 is 0 Å². The van der Waals surface area contributed by atoms with Crippen LogP contribution in [0.25, 0.3) is 0 Å². The Balaban J connectivity index is 2.32. The highest BCUT2D eigenvalue weighted by molar-refractivity contribution is 5.18. The van der Waals surface area contributed by atoms with E-state index in [-0.39, 0.29) is 0 Å². The molecule has 0 bridgehead atoms. The molecule has 0 amide bonds. The van der Waals surface area contributed by atoms with Crippen LogP contribution in [0.5, 0.6) is 0 Å². The largest absolute Gasteiger partial charge is 0.377 e. The maximum absolute atomic E-state index is 6.03. The lowest BCUT2D eigenvalue weighted by molar-refractivity contribution is 0.0431. The van der Waals surface area contributed by atoms with E-state index in [4.69, 9.17) is 4.74 Å². The van der Waals surface area contributed by atoms with Crippen molar-refractivity contribution in [2.24, 2.45) is 0 Å². The zero-order valence-electron chi connectivity index (χ0n) is 13.4. The molecule has 0 aliphatic carbocycles. The summed E-state index contributed by atoms with van der Waals surface area (Å²) >= 11 is 0. The minimum atomic E-state index is 0.305. The molecule has 2 atom stereocenters. The van der Waals surface area contributed by atoms with Gasteiger partial charge in [0, 0.05) is 0 Å². The number of hydrogen-bond donors (Lipinski definition) is 1. The van der Waals surface area contributed by atoms with Gasteiger partial charge in [-0.1, -0.05) is 69.9 Å². The first kappa shape index (κ1) is 17.2. The summed E-state index contributed by atoms with van der Waals surface area (Å²) in [6, 6.07) is 10.9. The molecule has 114 valence electrons. The molecule has 1 aromatic carbocycles. The van der Waals surface area contributed by atoms with Crippen LogP contribution in [0.1, 0.15) is 64.5 Å². The number of nitrogens with one attached hydrogen (secondary N) is 1. The van der Waals surface area contributed by atoms with Gasteiger partial charge in [0.1, 0.15) is 0 Å². The van der Waals surface area contributed by atoms with Crippen LogP contribution in [0, 0.1) is 0 Å². The zero-order chi connectivity index (χ0) is 14.6. The molecule has 0 spiro atoms. The van der Waals surface area contributed by atoms with Gasteiger partial charge in [-0.25, -0.2) is 0 Å². The first-order chi connectivity index (χ1) is 9.77. The molecule has 0 fully saturated rings. The van der Waals surface area contributed by atoms with E-state index in [9.17, 15) is 0 Å². The molecule has 0 radical (unpaired) electrons. The van der Waals surface area contributed by atoms with Crippen LogP contribution >= 0.6 is 0 Å². The SMILES string of the molecule is CCCCCCC(C)OCC(NCC)c1ccccc1. The van der Waals surface area contributed by atoms with Gasteiger partial charge >= 0.3 is 0 Å². The summed E-state index contributed by atoms with van der Waals surface area (Å²) in [7, 11) is 0. The summed E-state index contributed by atoms with van der Waals surface area (Å²) < 4.78 is 6.03. The molecule has 0 saturated carbocycles. The lowest BCUT2D eigenvalue weighted by Gasteiger charge is -2.21. The Morgan fingerprint density at radius 2 is 1.80 bits per heavy atom. The number of unbranched alkanes of at least 4 members (excludes halogenated alkanes) is 3. The van der Waals surface area contributed by atoms with E-state index in [0.717, 1.165) is 13.2 Å². The standard InChI is InChI=1S/C18H31NO/c1-4-6-7-9-12-16(3)20-15-18(19-5-2)17-13-10-8-11-14-17/h8,10-11,13-14,16,18-19H,4-7,9,12,15H2,1-3H3. The second-order valence-electron chi connectivity index (χ2n) is 5.51. The first-order valence-electron chi connectivity index (χ1n) is 8.17. The van der Waals surface area contributed by atoms with Gasteiger partial charge in [-0.15, -0.1) is 0 Å². The number of hydrogen-bond acceptors (Lipinski definition) is 2. The summed E-state index contributed by atoms with van der Waals surface area (Å²) in [6.07, 6.45) is 6.79. The van der Waals surface area contributed by atoms with Gasteiger partial charge in [0.2, 0.25) is 0 Å². The molecule has 0 aliphatic rings. The van der Waals surface area contributed by atoms with Crippen LogP contribution in [0.3, 0.4) is 0 Å². The van der Waals surface area contributed by atoms with Crippen LogP contribution in [-0.2, 0) is 4.74 Å². The molecule has 0 heterocycles. The number of ether oxygens (including phenoxy) is 1. The van der Waals surface area contributed by atoms with E-state index >= 15 is 0 Å². The van der Waals surface area contributed by atoms with E-state index in [1.165, 1.54) is 37.7 Å². The van der Waals surface area contributed by atoms with E-state index in [1.807, 2.05) is 0 Å². The van der Waals surface area contributed by atoms with Gasteiger partial charge in [-0.3, -0.25) is 0 Å². The Bertz CT molecular complexity index is 325. The summed E-state index contributed by atoms with van der Waals surface area (Å²) in [5.74, 6) is 0. The van der Waals surface area contributed by atoms with Gasteiger partial charge in [-0.2, -0.15) is 0 Å². The monoisotopic (exact) mass is 277 g/mol. The molecule has 0 aliphatic heterocycles. The van der Waals surface area contributed by atoms with Crippen LogP contribution < -0.4 is 5.32 Å². The minimum absolute atomic E-state index is 0.305. The van der Waals surface area contributed by atoms with Crippen molar-refractivity contribution in [1.82, 2.24) is 5.32 Å². The third-order valence-corrected chi connectivity index (χ3v) is 3.66. The highest BCUT2D eigenvalue weighted by atomic mass is 16.5. The van der Waals surface area contributed by atoms with Gasteiger partial charge in [0.25, 0.3) is 0 Å². The smallest absolute Gasteiger partial charge is 0.0665 e. The number of benzene rings is 1. The van der Waals surface area contributed by atoms with Crippen molar-refractivity contribution < 1.29 is 4.74 Å². The molecule has 0 saturated heterocycles. The number of likely N-dealkylation sites (N-methyl/N-ethyl adjacent to an activating group) is 1. The Morgan fingerprint density at radius 3 is 2.45 bits per heavy atom. The average molecular weight is 277 g/mol. The lowest BCUT2D eigenvalue weighted by Crippen LogP contribution is -2.27.